The summed E-state index contributed by atoms with van der Waals surface area (Å²) in [5.41, 5.74) is 1.82. The Balaban J connectivity index is 2.03. The second kappa shape index (κ2) is 5.03. The average Bonchev–Trinajstić information content (AvgIpc) is 2.32. The van der Waals surface area contributed by atoms with E-state index in [1.807, 2.05) is 0 Å². The maximum absolute atomic E-state index is 13.0. The third-order valence-corrected chi connectivity index (χ3v) is 2.65. The van der Waals surface area contributed by atoms with Gasteiger partial charge >= 0.3 is 0 Å². The summed E-state index contributed by atoms with van der Waals surface area (Å²) in [5.74, 6) is -0.258. The maximum atomic E-state index is 13.0. The summed E-state index contributed by atoms with van der Waals surface area (Å²) in [7, 11) is 0. The number of halogens is 2. The Labute approximate surface area is 101 Å². The number of rotatable bonds is 3. The molecule has 1 heterocycles. The van der Waals surface area contributed by atoms with Gasteiger partial charge in [0.1, 0.15) is 12.1 Å². The number of nitrogens with zero attached hydrogens (tertiary/aromatic N) is 2. The first-order chi connectivity index (χ1) is 7.75. The Hall–Kier alpha value is -1.49. The van der Waals surface area contributed by atoms with Crippen LogP contribution >= 0.6 is 15.9 Å². The van der Waals surface area contributed by atoms with E-state index in [9.17, 15) is 4.39 Å². The van der Waals surface area contributed by atoms with Crippen molar-refractivity contribution in [1.82, 2.24) is 9.97 Å². The van der Waals surface area contributed by atoms with Crippen LogP contribution in [0.4, 0.5) is 10.1 Å². The van der Waals surface area contributed by atoms with Crippen molar-refractivity contribution in [2.24, 2.45) is 0 Å². The lowest BCUT2D eigenvalue weighted by molar-refractivity contribution is 0.620. The van der Waals surface area contributed by atoms with Crippen LogP contribution in [0.25, 0.3) is 0 Å². The van der Waals surface area contributed by atoms with Crippen LogP contribution in [0.15, 0.2) is 41.4 Å². The largest absolute Gasteiger partial charge is 0.378 e. The third kappa shape index (κ3) is 2.76. The van der Waals surface area contributed by atoms with Crippen molar-refractivity contribution >= 4 is 21.6 Å². The summed E-state index contributed by atoms with van der Waals surface area (Å²) in [6.07, 6.45) is 4.84. The van der Waals surface area contributed by atoms with E-state index in [0.717, 1.165) is 11.3 Å². The van der Waals surface area contributed by atoms with Crippen LogP contribution in [-0.2, 0) is 6.54 Å². The van der Waals surface area contributed by atoms with Crippen LogP contribution in [0.1, 0.15) is 5.56 Å². The molecule has 1 aromatic heterocycles. The smallest absolute Gasteiger partial charge is 0.137 e. The minimum atomic E-state index is -0.258. The highest BCUT2D eigenvalue weighted by Crippen LogP contribution is 2.17. The standard InChI is InChI=1S/C11H9BrFN3/c12-10-3-8(1-2-11(10)13)4-16-9-5-14-7-15-6-9/h1-3,5-7,16H,4H2. The predicted molar refractivity (Wildman–Crippen MR) is 63.5 cm³/mol. The van der Waals surface area contributed by atoms with Crippen molar-refractivity contribution < 1.29 is 4.39 Å². The zero-order valence-corrected chi connectivity index (χ0v) is 9.91. The van der Waals surface area contributed by atoms with E-state index < -0.39 is 0 Å². The summed E-state index contributed by atoms with van der Waals surface area (Å²) in [4.78, 5) is 7.77. The molecule has 0 aliphatic carbocycles. The lowest BCUT2D eigenvalue weighted by atomic mass is 10.2. The van der Waals surface area contributed by atoms with E-state index in [1.54, 1.807) is 24.5 Å². The fourth-order valence-electron chi connectivity index (χ4n) is 1.24. The zero-order chi connectivity index (χ0) is 11.4. The number of benzene rings is 1. The van der Waals surface area contributed by atoms with Gasteiger partial charge in [-0.15, -0.1) is 0 Å². The Morgan fingerprint density at radius 3 is 2.69 bits per heavy atom. The molecule has 82 valence electrons. The normalized spacial score (nSPS) is 10.1. The molecule has 0 fully saturated rings. The topological polar surface area (TPSA) is 37.8 Å². The van der Waals surface area contributed by atoms with Crippen molar-refractivity contribution in [3.8, 4) is 0 Å². The Morgan fingerprint density at radius 1 is 1.25 bits per heavy atom. The number of hydrogen-bond acceptors (Lipinski definition) is 3. The van der Waals surface area contributed by atoms with Crippen molar-refractivity contribution in [1.29, 1.82) is 0 Å². The molecule has 0 saturated carbocycles. The molecule has 0 bridgehead atoms. The van der Waals surface area contributed by atoms with Crippen LogP contribution in [0, 0.1) is 5.82 Å². The van der Waals surface area contributed by atoms with Gasteiger partial charge < -0.3 is 5.32 Å². The van der Waals surface area contributed by atoms with E-state index in [-0.39, 0.29) is 5.82 Å². The van der Waals surface area contributed by atoms with Crippen molar-refractivity contribution in [3.63, 3.8) is 0 Å². The third-order valence-electron chi connectivity index (χ3n) is 2.04. The van der Waals surface area contributed by atoms with Crippen LogP contribution in [-0.4, -0.2) is 9.97 Å². The van der Waals surface area contributed by atoms with E-state index in [2.05, 4.69) is 31.2 Å². The van der Waals surface area contributed by atoms with Gasteiger partial charge in [-0.25, -0.2) is 14.4 Å². The van der Waals surface area contributed by atoms with Crippen LogP contribution in [0.5, 0.6) is 0 Å². The highest BCUT2D eigenvalue weighted by Gasteiger charge is 2.00. The molecule has 16 heavy (non-hydrogen) atoms. The first-order valence-electron chi connectivity index (χ1n) is 4.68. The first kappa shape index (κ1) is 11.0. The molecule has 1 N–H and O–H groups in total. The molecule has 0 atom stereocenters. The number of nitrogens with one attached hydrogen (secondary N) is 1. The molecule has 2 aromatic rings. The monoisotopic (exact) mass is 281 g/mol. The van der Waals surface area contributed by atoms with Gasteiger partial charge in [0.2, 0.25) is 0 Å². The molecule has 1 aromatic carbocycles. The summed E-state index contributed by atoms with van der Waals surface area (Å²) < 4.78 is 13.4. The molecule has 0 radical (unpaired) electrons. The Kier molecular flexibility index (Phi) is 3.46. The molecule has 0 spiro atoms. The van der Waals surface area contributed by atoms with E-state index in [1.165, 1.54) is 12.4 Å². The number of aromatic nitrogens is 2. The molecule has 0 unspecified atom stereocenters. The van der Waals surface area contributed by atoms with Gasteiger partial charge in [0.05, 0.1) is 22.6 Å². The molecule has 0 amide bonds. The van der Waals surface area contributed by atoms with Gasteiger partial charge in [-0.3, -0.25) is 0 Å². The summed E-state index contributed by atoms with van der Waals surface area (Å²) in [5, 5.41) is 3.14. The Morgan fingerprint density at radius 2 is 2.00 bits per heavy atom. The molecule has 0 aliphatic heterocycles. The SMILES string of the molecule is Fc1ccc(CNc2cncnc2)cc1Br. The highest BCUT2D eigenvalue weighted by molar-refractivity contribution is 9.10. The minimum absolute atomic E-state index is 0.258. The quantitative estimate of drug-likeness (QED) is 0.940. The predicted octanol–water partition coefficient (Wildman–Crippen LogP) is 2.99. The molecule has 0 aliphatic rings. The van der Waals surface area contributed by atoms with Gasteiger partial charge in [0.15, 0.2) is 0 Å². The van der Waals surface area contributed by atoms with E-state index in [4.69, 9.17) is 0 Å². The van der Waals surface area contributed by atoms with Gasteiger partial charge in [0, 0.05) is 6.54 Å². The number of anilines is 1. The Bertz CT molecular complexity index is 476. The summed E-state index contributed by atoms with van der Waals surface area (Å²) in [6.45, 7) is 0.603. The van der Waals surface area contributed by atoms with Crippen LogP contribution < -0.4 is 5.32 Å². The second-order valence-electron chi connectivity index (χ2n) is 3.23. The zero-order valence-electron chi connectivity index (χ0n) is 8.32. The van der Waals surface area contributed by atoms with Gasteiger partial charge in [-0.2, -0.15) is 0 Å². The summed E-state index contributed by atoms with van der Waals surface area (Å²) in [6, 6.07) is 4.91. The molecule has 2 rings (SSSR count). The van der Waals surface area contributed by atoms with Crippen molar-refractivity contribution in [2.45, 2.75) is 6.54 Å². The summed E-state index contributed by atoms with van der Waals surface area (Å²) >= 11 is 3.14. The lowest BCUT2D eigenvalue weighted by Crippen LogP contribution is -2.00. The van der Waals surface area contributed by atoms with Crippen LogP contribution in [0.3, 0.4) is 0 Å². The molecule has 0 saturated heterocycles. The molecular weight excluding hydrogens is 273 g/mol. The van der Waals surface area contributed by atoms with Crippen LogP contribution in [0.2, 0.25) is 0 Å². The van der Waals surface area contributed by atoms with Gasteiger partial charge in [-0.1, -0.05) is 6.07 Å². The first-order valence-corrected chi connectivity index (χ1v) is 5.48. The minimum Gasteiger partial charge on any atom is -0.378 e. The van der Waals surface area contributed by atoms with Gasteiger partial charge in [-0.05, 0) is 33.6 Å². The maximum Gasteiger partial charge on any atom is 0.137 e. The molecular formula is C11H9BrFN3. The van der Waals surface area contributed by atoms with Crippen molar-refractivity contribution in [2.75, 3.05) is 5.32 Å². The highest BCUT2D eigenvalue weighted by atomic mass is 79.9. The lowest BCUT2D eigenvalue weighted by Gasteiger charge is -2.05. The van der Waals surface area contributed by atoms with E-state index >= 15 is 0 Å². The fourth-order valence-corrected chi connectivity index (χ4v) is 1.67. The van der Waals surface area contributed by atoms with Gasteiger partial charge in [0.25, 0.3) is 0 Å². The fraction of sp³-hybridized carbons (Fsp3) is 0.0909. The number of hydrogen-bond donors (Lipinski definition) is 1. The van der Waals surface area contributed by atoms with Crippen molar-refractivity contribution in [3.05, 3.63) is 52.8 Å². The van der Waals surface area contributed by atoms with E-state index in [0.29, 0.717) is 11.0 Å². The molecule has 5 heteroatoms. The molecule has 3 nitrogen and oxygen atoms in total. The average molecular weight is 282 g/mol. The second-order valence-corrected chi connectivity index (χ2v) is 4.08.